The molecule has 0 fully saturated rings. The van der Waals surface area contributed by atoms with Crippen molar-refractivity contribution in [2.45, 2.75) is 26.8 Å². The SMILES string of the molecule is CCOC(=O)c1sc(-c2ccc(Cl)cc2)cc1NC(=S)NC(C)C. The second-order valence-electron chi connectivity index (χ2n) is 5.33. The second-order valence-corrected chi connectivity index (χ2v) is 7.23. The van der Waals surface area contributed by atoms with Gasteiger partial charge >= 0.3 is 5.97 Å². The average Bonchev–Trinajstić information content (AvgIpc) is 2.91. The Balaban J connectivity index is 2.34. The van der Waals surface area contributed by atoms with Gasteiger partial charge in [0.05, 0.1) is 12.3 Å². The van der Waals surface area contributed by atoms with Gasteiger partial charge in [-0.25, -0.2) is 4.79 Å². The predicted octanol–water partition coefficient (Wildman–Crippen LogP) is 4.94. The lowest BCUT2D eigenvalue weighted by atomic mass is 10.2. The van der Waals surface area contributed by atoms with Crippen LogP contribution in [-0.2, 0) is 4.74 Å². The van der Waals surface area contributed by atoms with Crippen molar-refractivity contribution in [3.05, 3.63) is 40.2 Å². The maximum absolute atomic E-state index is 12.2. The highest BCUT2D eigenvalue weighted by molar-refractivity contribution is 7.80. The van der Waals surface area contributed by atoms with Gasteiger partial charge in [0.2, 0.25) is 0 Å². The summed E-state index contributed by atoms with van der Waals surface area (Å²) in [4.78, 5) is 13.7. The molecule has 2 rings (SSSR count). The molecule has 128 valence electrons. The van der Waals surface area contributed by atoms with Crippen molar-refractivity contribution in [1.29, 1.82) is 0 Å². The first-order chi connectivity index (χ1) is 11.4. The lowest BCUT2D eigenvalue weighted by molar-refractivity contribution is 0.0533. The zero-order chi connectivity index (χ0) is 17.7. The first kappa shape index (κ1) is 18.7. The Morgan fingerprint density at radius 2 is 2.00 bits per heavy atom. The molecule has 0 aliphatic carbocycles. The molecule has 0 radical (unpaired) electrons. The molecule has 0 amide bonds. The Bertz CT molecular complexity index is 727. The fourth-order valence-electron chi connectivity index (χ4n) is 2.01. The maximum Gasteiger partial charge on any atom is 0.350 e. The van der Waals surface area contributed by atoms with E-state index >= 15 is 0 Å². The Morgan fingerprint density at radius 1 is 1.33 bits per heavy atom. The van der Waals surface area contributed by atoms with Crippen LogP contribution < -0.4 is 10.6 Å². The highest BCUT2D eigenvalue weighted by atomic mass is 35.5. The number of rotatable bonds is 5. The normalized spacial score (nSPS) is 10.5. The number of carbonyl (C=O) groups excluding carboxylic acids is 1. The summed E-state index contributed by atoms with van der Waals surface area (Å²) in [5.41, 5.74) is 1.62. The van der Waals surface area contributed by atoms with Crippen LogP contribution in [0.5, 0.6) is 0 Å². The summed E-state index contributed by atoms with van der Waals surface area (Å²) in [6.07, 6.45) is 0. The van der Waals surface area contributed by atoms with Gasteiger partial charge < -0.3 is 15.4 Å². The number of nitrogens with one attached hydrogen (secondary N) is 2. The summed E-state index contributed by atoms with van der Waals surface area (Å²) < 4.78 is 5.15. The molecule has 1 aromatic heterocycles. The van der Waals surface area contributed by atoms with Gasteiger partial charge in [0.1, 0.15) is 4.88 Å². The fraction of sp³-hybridized carbons (Fsp3) is 0.294. The number of ether oxygens (including phenoxy) is 1. The zero-order valence-electron chi connectivity index (χ0n) is 13.7. The Kier molecular flexibility index (Phi) is 6.60. The lowest BCUT2D eigenvalue weighted by Crippen LogP contribution is -2.34. The van der Waals surface area contributed by atoms with E-state index in [1.807, 2.05) is 44.2 Å². The van der Waals surface area contributed by atoms with Gasteiger partial charge in [-0.1, -0.05) is 23.7 Å². The molecule has 1 aromatic carbocycles. The molecule has 24 heavy (non-hydrogen) atoms. The first-order valence-electron chi connectivity index (χ1n) is 7.55. The van der Waals surface area contributed by atoms with Crippen LogP contribution in [0.4, 0.5) is 5.69 Å². The molecule has 1 heterocycles. The van der Waals surface area contributed by atoms with Crippen LogP contribution in [0.3, 0.4) is 0 Å². The Hall–Kier alpha value is -1.63. The molecule has 0 aliphatic heterocycles. The summed E-state index contributed by atoms with van der Waals surface area (Å²) >= 11 is 12.6. The molecular formula is C17H19ClN2O2S2. The Labute approximate surface area is 156 Å². The topological polar surface area (TPSA) is 50.4 Å². The molecule has 4 nitrogen and oxygen atoms in total. The largest absolute Gasteiger partial charge is 0.462 e. The predicted molar refractivity (Wildman–Crippen MR) is 105 cm³/mol. The smallest absolute Gasteiger partial charge is 0.350 e. The third-order valence-electron chi connectivity index (χ3n) is 2.99. The summed E-state index contributed by atoms with van der Waals surface area (Å²) in [7, 11) is 0. The highest BCUT2D eigenvalue weighted by Crippen LogP contribution is 2.35. The number of hydrogen-bond acceptors (Lipinski definition) is 4. The van der Waals surface area contributed by atoms with Crippen molar-refractivity contribution in [1.82, 2.24) is 5.32 Å². The van der Waals surface area contributed by atoms with Crippen molar-refractivity contribution < 1.29 is 9.53 Å². The standard InChI is InChI=1S/C17H19ClN2O2S2/c1-4-22-16(21)15-13(20-17(23)19-10(2)3)9-14(24-15)11-5-7-12(18)8-6-11/h5-10H,4H2,1-3H3,(H2,19,20,23). The molecule has 0 aliphatic rings. The zero-order valence-corrected chi connectivity index (χ0v) is 16.1. The molecule has 0 saturated carbocycles. The molecule has 2 aromatic rings. The number of halogens is 1. The molecule has 0 unspecified atom stereocenters. The van der Waals surface area contributed by atoms with Crippen molar-refractivity contribution in [2.75, 3.05) is 11.9 Å². The van der Waals surface area contributed by atoms with E-state index in [9.17, 15) is 4.79 Å². The van der Waals surface area contributed by atoms with Crippen LogP contribution in [0.2, 0.25) is 5.02 Å². The third-order valence-corrected chi connectivity index (χ3v) is 4.63. The molecular weight excluding hydrogens is 364 g/mol. The van der Waals surface area contributed by atoms with E-state index in [1.54, 1.807) is 6.92 Å². The van der Waals surface area contributed by atoms with Crippen molar-refractivity contribution in [2.24, 2.45) is 0 Å². The molecule has 0 spiro atoms. The maximum atomic E-state index is 12.2. The van der Waals surface area contributed by atoms with Crippen LogP contribution in [0.1, 0.15) is 30.4 Å². The van der Waals surface area contributed by atoms with Crippen molar-refractivity contribution >= 4 is 51.9 Å². The van der Waals surface area contributed by atoms with E-state index in [2.05, 4.69) is 10.6 Å². The van der Waals surface area contributed by atoms with Crippen LogP contribution in [-0.4, -0.2) is 23.7 Å². The molecule has 2 N–H and O–H groups in total. The number of carbonyl (C=O) groups is 1. The van der Waals surface area contributed by atoms with E-state index in [1.165, 1.54) is 11.3 Å². The van der Waals surface area contributed by atoms with Gasteiger partial charge in [0.15, 0.2) is 5.11 Å². The third kappa shape index (κ3) is 4.93. The van der Waals surface area contributed by atoms with E-state index < -0.39 is 0 Å². The van der Waals surface area contributed by atoms with Crippen LogP contribution >= 0.6 is 35.2 Å². The fourth-order valence-corrected chi connectivity index (χ4v) is 3.49. The molecule has 0 saturated heterocycles. The van der Waals surface area contributed by atoms with Gasteiger partial charge in [-0.3, -0.25) is 0 Å². The van der Waals surface area contributed by atoms with Crippen LogP contribution in [0.15, 0.2) is 30.3 Å². The second kappa shape index (κ2) is 8.46. The molecule has 0 bridgehead atoms. The van der Waals surface area contributed by atoms with E-state index in [-0.39, 0.29) is 12.0 Å². The van der Waals surface area contributed by atoms with Crippen molar-refractivity contribution in [3.63, 3.8) is 0 Å². The minimum absolute atomic E-state index is 0.199. The number of hydrogen-bond donors (Lipinski definition) is 2. The summed E-state index contributed by atoms with van der Waals surface area (Å²) in [5, 5.41) is 7.32. The monoisotopic (exact) mass is 382 g/mol. The quantitative estimate of drug-likeness (QED) is 0.566. The molecule has 0 atom stereocenters. The number of thiophene rings is 1. The molecule has 7 heteroatoms. The summed E-state index contributed by atoms with van der Waals surface area (Å²) in [5.74, 6) is -0.363. The highest BCUT2D eigenvalue weighted by Gasteiger charge is 2.19. The van der Waals surface area contributed by atoms with Gasteiger partial charge in [-0.05, 0) is 56.8 Å². The van der Waals surface area contributed by atoms with Gasteiger partial charge in [-0.2, -0.15) is 0 Å². The van der Waals surface area contributed by atoms with Gasteiger partial charge in [0, 0.05) is 15.9 Å². The van der Waals surface area contributed by atoms with Crippen LogP contribution in [0.25, 0.3) is 10.4 Å². The number of thiocarbonyl (C=S) groups is 1. The van der Waals surface area contributed by atoms with Crippen molar-refractivity contribution in [3.8, 4) is 10.4 Å². The average molecular weight is 383 g/mol. The minimum atomic E-state index is -0.363. The van der Waals surface area contributed by atoms with Crippen LogP contribution in [0, 0.1) is 0 Å². The Morgan fingerprint density at radius 3 is 2.58 bits per heavy atom. The van der Waals surface area contributed by atoms with Gasteiger partial charge in [-0.15, -0.1) is 11.3 Å². The lowest BCUT2D eigenvalue weighted by Gasteiger charge is -2.13. The summed E-state index contributed by atoms with van der Waals surface area (Å²) in [6.45, 7) is 6.09. The van der Waals surface area contributed by atoms with E-state index in [0.29, 0.717) is 27.3 Å². The number of esters is 1. The summed E-state index contributed by atoms with van der Waals surface area (Å²) in [6, 6.07) is 9.56. The minimum Gasteiger partial charge on any atom is -0.462 e. The van der Waals surface area contributed by atoms with E-state index in [0.717, 1.165) is 10.4 Å². The van der Waals surface area contributed by atoms with E-state index in [4.69, 9.17) is 28.6 Å². The first-order valence-corrected chi connectivity index (χ1v) is 9.15. The number of benzene rings is 1. The van der Waals surface area contributed by atoms with Gasteiger partial charge in [0.25, 0.3) is 0 Å². The number of anilines is 1.